The standard InChI is InChI=1S/C28H29ClFN3O3/c29-23-9-4-8-22(27(23)30)26-24(10-5-15-31)32-33(28(26)21-6-2-1-3-7-21)16-19-11-13-20(14-12-19)17-36-18-25(34)35/h1-4,6-9,19-20H,5,10-14,16-18H2,(H,34,35). The molecule has 0 saturated heterocycles. The van der Waals surface area contributed by atoms with Gasteiger partial charge in [-0.25, -0.2) is 9.18 Å². The summed E-state index contributed by atoms with van der Waals surface area (Å²) in [4.78, 5) is 10.7. The fourth-order valence-electron chi connectivity index (χ4n) is 5.00. The van der Waals surface area contributed by atoms with Gasteiger partial charge < -0.3 is 9.84 Å². The van der Waals surface area contributed by atoms with Gasteiger partial charge in [0, 0.05) is 36.1 Å². The van der Waals surface area contributed by atoms with Crippen molar-refractivity contribution < 1.29 is 19.0 Å². The predicted octanol–water partition coefficient (Wildman–Crippen LogP) is 6.37. The van der Waals surface area contributed by atoms with E-state index in [0.717, 1.165) is 36.9 Å². The van der Waals surface area contributed by atoms with Crippen molar-refractivity contribution in [2.75, 3.05) is 13.2 Å². The zero-order chi connectivity index (χ0) is 25.5. The van der Waals surface area contributed by atoms with Crippen molar-refractivity contribution in [2.45, 2.75) is 45.1 Å². The Balaban J connectivity index is 1.66. The molecule has 36 heavy (non-hydrogen) atoms. The lowest BCUT2D eigenvalue weighted by molar-refractivity contribution is -0.142. The van der Waals surface area contributed by atoms with Crippen molar-refractivity contribution in [1.29, 1.82) is 5.26 Å². The Hall–Kier alpha value is -3.21. The number of carboxylic acid groups (broad SMARTS) is 1. The molecule has 188 valence electrons. The number of carboxylic acids is 1. The van der Waals surface area contributed by atoms with Crippen LogP contribution in [-0.2, 0) is 22.5 Å². The Bertz CT molecular complexity index is 1230. The van der Waals surface area contributed by atoms with E-state index in [1.807, 2.05) is 35.0 Å². The number of aliphatic carboxylic acids is 1. The fourth-order valence-corrected chi connectivity index (χ4v) is 5.17. The van der Waals surface area contributed by atoms with Crippen molar-refractivity contribution >= 4 is 17.6 Å². The molecule has 1 saturated carbocycles. The number of rotatable bonds is 10. The number of nitriles is 1. The summed E-state index contributed by atoms with van der Waals surface area (Å²) in [6.07, 6.45) is 4.57. The first-order valence-corrected chi connectivity index (χ1v) is 12.6. The van der Waals surface area contributed by atoms with E-state index in [-0.39, 0.29) is 18.1 Å². The predicted molar refractivity (Wildman–Crippen MR) is 136 cm³/mol. The zero-order valence-electron chi connectivity index (χ0n) is 20.0. The molecule has 0 radical (unpaired) electrons. The molecule has 8 heteroatoms. The first-order chi connectivity index (χ1) is 17.5. The summed E-state index contributed by atoms with van der Waals surface area (Å²) in [5.74, 6) is -0.705. The maximum Gasteiger partial charge on any atom is 0.329 e. The van der Waals surface area contributed by atoms with Gasteiger partial charge in [-0.1, -0.05) is 54.1 Å². The van der Waals surface area contributed by atoms with E-state index in [1.54, 1.807) is 12.1 Å². The second-order valence-corrected chi connectivity index (χ2v) is 9.68. The van der Waals surface area contributed by atoms with Crippen LogP contribution in [0.15, 0.2) is 48.5 Å². The van der Waals surface area contributed by atoms with Gasteiger partial charge in [-0.3, -0.25) is 4.68 Å². The number of hydrogen-bond donors (Lipinski definition) is 1. The van der Waals surface area contributed by atoms with Crippen LogP contribution in [0.25, 0.3) is 22.4 Å². The molecule has 3 aromatic rings. The van der Waals surface area contributed by atoms with E-state index in [4.69, 9.17) is 26.5 Å². The Kier molecular flexibility index (Phi) is 8.74. The molecule has 6 nitrogen and oxygen atoms in total. The molecule has 0 bridgehead atoms. The highest BCUT2D eigenvalue weighted by molar-refractivity contribution is 6.31. The highest BCUT2D eigenvalue weighted by Crippen LogP contribution is 2.40. The highest BCUT2D eigenvalue weighted by atomic mass is 35.5. The monoisotopic (exact) mass is 509 g/mol. The zero-order valence-corrected chi connectivity index (χ0v) is 20.8. The van der Waals surface area contributed by atoms with Crippen LogP contribution < -0.4 is 0 Å². The molecule has 1 aliphatic carbocycles. The summed E-state index contributed by atoms with van der Waals surface area (Å²) in [5, 5.41) is 23.0. The van der Waals surface area contributed by atoms with Crippen molar-refractivity contribution in [2.24, 2.45) is 11.8 Å². The molecular weight excluding hydrogens is 481 g/mol. The van der Waals surface area contributed by atoms with Gasteiger partial charge in [-0.05, 0) is 43.6 Å². The van der Waals surface area contributed by atoms with Crippen LogP contribution in [-0.4, -0.2) is 34.1 Å². The van der Waals surface area contributed by atoms with Crippen molar-refractivity contribution in [1.82, 2.24) is 9.78 Å². The third kappa shape index (κ3) is 6.13. The average Bonchev–Trinajstić information content (AvgIpc) is 3.23. The number of hydrogen-bond acceptors (Lipinski definition) is 4. The van der Waals surface area contributed by atoms with Crippen LogP contribution in [0, 0.1) is 29.0 Å². The van der Waals surface area contributed by atoms with Gasteiger partial charge in [0.15, 0.2) is 0 Å². The molecule has 2 aromatic carbocycles. The number of nitrogens with zero attached hydrogens (tertiary/aromatic N) is 3. The Morgan fingerprint density at radius 3 is 2.56 bits per heavy atom. The van der Waals surface area contributed by atoms with Gasteiger partial charge >= 0.3 is 5.97 Å². The SMILES string of the molecule is N#CCCc1nn(CC2CCC(COCC(=O)O)CC2)c(-c2ccccc2)c1-c1cccc(Cl)c1F. The van der Waals surface area contributed by atoms with E-state index >= 15 is 4.39 Å². The third-order valence-corrected chi connectivity index (χ3v) is 7.04. The maximum atomic E-state index is 15.3. The Morgan fingerprint density at radius 1 is 1.14 bits per heavy atom. The lowest BCUT2D eigenvalue weighted by atomic mass is 9.82. The molecular formula is C28H29ClFN3O3. The molecule has 0 aliphatic heterocycles. The number of halogens is 2. The highest BCUT2D eigenvalue weighted by Gasteiger charge is 2.27. The van der Waals surface area contributed by atoms with Crippen LogP contribution in [0.4, 0.5) is 4.39 Å². The quantitative estimate of drug-likeness (QED) is 0.343. The second-order valence-electron chi connectivity index (χ2n) is 9.27. The van der Waals surface area contributed by atoms with Gasteiger partial charge in [0.25, 0.3) is 0 Å². The number of aromatic nitrogens is 2. The fraction of sp³-hybridized carbons (Fsp3) is 0.393. The van der Waals surface area contributed by atoms with Gasteiger partial charge in [0.1, 0.15) is 12.4 Å². The minimum absolute atomic E-state index is 0.0499. The molecule has 1 aliphatic rings. The first-order valence-electron chi connectivity index (χ1n) is 12.2. The van der Waals surface area contributed by atoms with Gasteiger partial charge in [0.05, 0.1) is 29.1 Å². The van der Waals surface area contributed by atoms with E-state index in [1.165, 1.54) is 6.07 Å². The van der Waals surface area contributed by atoms with Gasteiger partial charge in [0.2, 0.25) is 0 Å². The summed E-state index contributed by atoms with van der Waals surface area (Å²) in [5.41, 5.74) is 3.52. The van der Waals surface area contributed by atoms with Crippen molar-refractivity contribution in [3.8, 4) is 28.5 Å². The lowest BCUT2D eigenvalue weighted by Crippen LogP contribution is -2.23. The summed E-state index contributed by atoms with van der Waals surface area (Å²) < 4.78 is 22.5. The van der Waals surface area contributed by atoms with Gasteiger partial charge in [-0.2, -0.15) is 10.4 Å². The third-order valence-electron chi connectivity index (χ3n) is 6.74. The van der Waals surface area contributed by atoms with Crippen LogP contribution >= 0.6 is 11.6 Å². The molecule has 1 fully saturated rings. The topological polar surface area (TPSA) is 88.1 Å². The largest absolute Gasteiger partial charge is 0.480 e. The summed E-state index contributed by atoms with van der Waals surface area (Å²) in [6, 6.07) is 17.0. The summed E-state index contributed by atoms with van der Waals surface area (Å²) >= 11 is 6.15. The first kappa shape index (κ1) is 25.9. The number of benzene rings is 2. The molecule has 0 atom stereocenters. The van der Waals surface area contributed by atoms with E-state index in [2.05, 4.69) is 6.07 Å². The lowest BCUT2D eigenvalue weighted by Gasteiger charge is -2.28. The number of ether oxygens (including phenoxy) is 1. The normalized spacial score (nSPS) is 17.6. The molecule has 0 spiro atoms. The molecule has 1 heterocycles. The van der Waals surface area contributed by atoms with Crippen LogP contribution in [0.2, 0.25) is 5.02 Å². The van der Waals surface area contributed by atoms with E-state index in [0.29, 0.717) is 48.2 Å². The van der Waals surface area contributed by atoms with Crippen LogP contribution in [0.1, 0.15) is 37.8 Å². The average molecular weight is 510 g/mol. The molecule has 0 unspecified atom stereocenters. The Morgan fingerprint density at radius 2 is 1.86 bits per heavy atom. The summed E-state index contributed by atoms with van der Waals surface area (Å²) in [7, 11) is 0. The smallest absolute Gasteiger partial charge is 0.329 e. The van der Waals surface area contributed by atoms with Crippen LogP contribution in [0.5, 0.6) is 0 Å². The van der Waals surface area contributed by atoms with Crippen molar-refractivity contribution in [3.63, 3.8) is 0 Å². The number of carbonyl (C=O) groups is 1. The maximum absolute atomic E-state index is 15.3. The van der Waals surface area contributed by atoms with Gasteiger partial charge in [-0.15, -0.1) is 0 Å². The Labute approximate surface area is 215 Å². The molecule has 1 N–H and O–H groups in total. The minimum Gasteiger partial charge on any atom is -0.480 e. The summed E-state index contributed by atoms with van der Waals surface area (Å²) in [6.45, 7) is 0.878. The van der Waals surface area contributed by atoms with E-state index < -0.39 is 11.8 Å². The van der Waals surface area contributed by atoms with Crippen LogP contribution in [0.3, 0.4) is 0 Å². The van der Waals surface area contributed by atoms with E-state index in [9.17, 15) is 10.1 Å². The molecule has 0 amide bonds. The molecule has 1 aromatic heterocycles. The van der Waals surface area contributed by atoms with Crippen molar-refractivity contribution in [3.05, 3.63) is 65.1 Å². The number of aryl methyl sites for hydroxylation is 1. The second kappa shape index (κ2) is 12.2. The minimum atomic E-state index is -0.949. The molecule has 4 rings (SSSR count).